The topological polar surface area (TPSA) is 60.0 Å². The van der Waals surface area contributed by atoms with Crippen molar-refractivity contribution >= 4 is 35.8 Å². The summed E-state index contributed by atoms with van der Waals surface area (Å²) in [4.78, 5) is 21.4. The van der Waals surface area contributed by atoms with Crippen LogP contribution in [0.2, 0.25) is 0 Å². The van der Waals surface area contributed by atoms with Gasteiger partial charge in [0.25, 0.3) is 0 Å². The Morgan fingerprint density at radius 3 is 2.57 bits per heavy atom. The highest BCUT2D eigenvalue weighted by Gasteiger charge is 2.36. The number of hydrogen-bond donors (Lipinski definition) is 2. The van der Waals surface area contributed by atoms with Crippen LogP contribution in [-0.2, 0) is 11.3 Å². The number of fused-ring (bicyclic) bond motifs is 1. The minimum absolute atomic E-state index is 0. The molecule has 166 valence electrons. The number of guanidine groups is 1. The molecule has 3 fully saturated rings. The predicted molar refractivity (Wildman–Crippen MR) is 132 cm³/mol. The summed E-state index contributed by atoms with van der Waals surface area (Å²) >= 11 is 0. The zero-order valence-electron chi connectivity index (χ0n) is 18.1. The lowest BCUT2D eigenvalue weighted by Gasteiger charge is -2.48. The van der Waals surface area contributed by atoms with Gasteiger partial charge in [0.15, 0.2) is 5.96 Å². The average Bonchev–Trinajstić information content (AvgIpc) is 3.60. The standard InChI is InChI=1S/C23H35N5O.HI/c1-24-23(26-13-12-25-22(29)19-9-10-19)28-15-11-21-20(17-28)8-5-14-27(21)16-18-6-3-2-4-7-18;/h2-4,6-7,19-21H,5,8-17H2,1H3,(H,24,26)(H,25,29);1H. The number of nitrogens with one attached hydrogen (secondary N) is 2. The molecule has 4 rings (SSSR count). The Labute approximate surface area is 197 Å². The van der Waals surface area contributed by atoms with Crippen LogP contribution in [0.3, 0.4) is 0 Å². The van der Waals surface area contributed by atoms with Crippen LogP contribution >= 0.6 is 24.0 Å². The van der Waals surface area contributed by atoms with Crippen LogP contribution in [0, 0.1) is 11.8 Å². The number of nitrogens with zero attached hydrogens (tertiary/aromatic N) is 3. The number of likely N-dealkylation sites (tertiary alicyclic amines) is 2. The second kappa shape index (κ2) is 11.3. The Bertz CT molecular complexity index is 709. The van der Waals surface area contributed by atoms with Crippen molar-refractivity contribution in [2.24, 2.45) is 16.8 Å². The van der Waals surface area contributed by atoms with Crippen LogP contribution in [0.15, 0.2) is 35.3 Å². The molecule has 3 aliphatic rings. The minimum atomic E-state index is 0. The molecule has 1 aromatic carbocycles. The average molecular weight is 525 g/mol. The van der Waals surface area contributed by atoms with Crippen molar-refractivity contribution < 1.29 is 4.79 Å². The van der Waals surface area contributed by atoms with Crippen LogP contribution in [0.25, 0.3) is 0 Å². The number of rotatable bonds is 6. The molecule has 6 nitrogen and oxygen atoms in total. The fraction of sp³-hybridized carbons (Fsp3) is 0.652. The van der Waals surface area contributed by atoms with E-state index < -0.39 is 0 Å². The SMILES string of the molecule is CN=C(NCCNC(=O)C1CC1)N1CCC2C(CCCN2Cc2ccccc2)C1.I. The number of aliphatic imine (C=N–C) groups is 1. The zero-order valence-corrected chi connectivity index (χ0v) is 20.4. The van der Waals surface area contributed by atoms with E-state index in [1.165, 1.54) is 31.4 Å². The fourth-order valence-electron chi connectivity index (χ4n) is 4.90. The Morgan fingerprint density at radius 1 is 1.07 bits per heavy atom. The van der Waals surface area contributed by atoms with Gasteiger partial charge in [0.1, 0.15) is 0 Å². The van der Waals surface area contributed by atoms with Crippen molar-refractivity contribution in [2.75, 3.05) is 39.8 Å². The molecule has 0 spiro atoms. The summed E-state index contributed by atoms with van der Waals surface area (Å²) in [6.45, 7) is 5.79. The van der Waals surface area contributed by atoms with Gasteiger partial charge in [-0.25, -0.2) is 0 Å². The lowest BCUT2D eigenvalue weighted by Crippen LogP contribution is -2.57. The Hall–Kier alpha value is -1.35. The summed E-state index contributed by atoms with van der Waals surface area (Å²) in [5, 5.41) is 6.47. The number of amides is 1. The van der Waals surface area contributed by atoms with Gasteiger partial charge >= 0.3 is 0 Å². The molecular weight excluding hydrogens is 489 g/mol. The zero-order chi connectivity index (χ0) is 20.1. The first-order chi connectivity index (χ1) is 14.2. The van der Waals surface area contributed by atoms with E-state index in [4.69, 9.17) is 0 Å². The molecule has 1 amide bonds. The van der Waals surface area contributed by atoms with E-state index in [-0.39, 0.29) is 35.8 Å². The molecule has 30 heavy (non-hydrogen) atoms. The number of carbonyl (C=O) groups is 1. The Kier molecular flexibility index (Phi) is 8.80. The van der Waals surface area contributed by atoms with Crippen molar-refractivity contribution in [3.05, 3.63) is 35.9 Å². The van der Waals surface area contributed by atoms with Crippen LogP contribution < -0.4 is 10.6 Å². The second-order valence-electron chi connectivity index (χ2n) is 8.70. The molecule has 2 N–H and O–H groups in total. The van der Waals surface area contributed by atoms with Crippen molar-refractivity contribution in [1.29, 1.82) is 0 Å². The maximum absolute atomic E-state index is 11.8. The lowest BCUT2D eigenvalue weighted by atomic mass is 9.83. The summed E-state index contributed by atoms with van der Waals surface area (Å²) < 4.78 is 0. The van der Waals surface area contributed by atoms with E-state index in [0.29, 0.717) is 18.5 Å². The smallest absolute Gasteiger partial charge is 0.223 e. The van der Waals surface area contributed by atoms with Crippen LogP contribution in [0.1, 0.15) is 37.7 Å². The molecule has 2 unspecified atom stereocenters. The highest BCUT2D eigenvalue weighted by atomic mass is 127. The van der Waals surface area contributed by atoms with Crippen molar-refractivity contribution in [3.63, 3.8) is 0 Å². The maximum Gasteiger partial charge on any atom is 0.223 e. The van der Waals surface area contributed by atoms with Crippen molar-refractivity contribution in [1.82, 2.24) is 20.4 Å². The molecule has 2 atom stereocenters. The van der Waals surface area contributed by atoms with Gasteiger partial charge in [-0.3, -0.25) is 14.7 Å². The van der Waals surface area contributed by atoms with Gasteiger partial charge < -0.3 is 15.5 Å². The first-order valence-corrected chi connectivity index (χ1v) is 11.3. The maximum atomic E-state index is 11.8. The third-order valence-corrected chi connectivity index (χ3v) is 6.58. The second-order valence-corrected chi connectivity index (χ2v) is 8.70. The molecule has 2 aliphatic heterocycles. The normalized spacial score (nSPS) is 24.6. The number of hydrogen-bond acceptors (Lipinski definition) is 3. The van der Waals surface area contributed by atoms with Gasteiger partial charge in [-0.15, -0.1) is 24.0 Å². The lowest BCUT2D eigenvalue weighted by molar-refractivity contribution is -0.122. The molecule has 1 saturated carbocycles. The minimum Gasteiger partial charge on any atom is -0.354 e. The van der Waals surface area contributed by atoms with Crippen LogP contribution in [0.4, 0.5) is 0 Å². The van der Waals surface area contributed by atoms with E-state index in [9.17, 15) is 4.79 Å². The van der Waals surface area contributed by atoms with Gasteiger partial charge in [-0.1, -0.05) is 30.3 Å². The van der Waals surface area contributed by atoms with Gasteiger partial charge in [-0.2, -0.15) is 0 Å². The summed E-state index contributed by atoms with van der Waals surface area (Å²) in [5.41, 5.74) is 1.42. The Balaban J connectivity index is 0.00000256. The van der Waals surface area contributed by atoms with E-state index in [2.05, 4.69) is 55.8 Å². The van der Waals surface area contributed by atoms with E-state index >= 15 is 0 Å². The third kappa shape index (κ3) is 6.09. The number of carbonyl (C=O) groups excluding carboxylic acids is 1. The highest BCUT2D eigenvalue weighted by Crippen LogP contribution is 2.31. The number of benzene rings is 1. The molecule has 2 saturated heterocycles. The number of halogens is 1. The van der Waals surface area contributed by atoms with Gasteiger partial charge in [-0.05, 0) is 50.1 Å². The summed E-state index contributed by atoms with van der Waals surface area (Å²) in [7, 11) is 1.86. The quantitative estimate of drug-likeness (QED) is 0.260. The Morgan fingerprint density at radius 2 is 1.83 bits per heavy atom. The number of piperidine rings is 2. The molecular formula is C23H36IN5O. The van der Waals surface area contributed by atoms with E-state index in [1.807, 2.05) is 7.05 Å². The highest BCUT2D eigenvalue weighted by molar-refractivity contribution is 14.0. The van der Waals surface area contributed by atoms with E-state index in [0.717, 1.165) is 45.0 Å². The fourth-order valence-corrected chi connectivity index (χ4v) is 4.90. The van der Waals surface area contributed by atoms with Gasteiger partial charge in [0.2, 0.25) is 5.91 Å². The molecule has 0 aromatic heterocycles. The van der Waals surface area contributed by atoms with Crippen molar-refractivity contribution in [2.45, 2.75) is 44.7 Å². The summed E-state index contributed by atoms with van der Waals surface area (Å²) in [5.74, 6) is 2.17. The van der Waals surface area contributed by atoms with Crippen LogP contribution in [-0.4, -0.2) is 67.5 Å². The monoisotopic (exact) mass is 525 g/mol. The molecule has 1 aromatic rings. The predicted octanol–water partition coefficient (Wildman–Crippen LogP) is 2.69. The summed E-state index contributed by atoms with van der Waals surface area (Å²) in [6, 6.07) is 11.5. The molecule has 2 heterocycles. The van der Waals surface area contributed by atoms with Crippen molar-refractivity contribution in [3.8, 4) is 0 Å². The van der Waals surface area contributed by atoms with E-state index in [1.54, 1.807) is 0 Å². The summed E-state index contributed by atoms with van der Waals surface area (Å²) in [6.07, 6.45) is 5.88. The van der Waals surface area contributed by atoms with Crippen LogP contribution in [0.5, 0.6) is 0 Å². The van der Waals surface area contributed by atoms with Gasteiger partial charge in [0.05, 0.1) is 0 Å². The first-order valence-electron chi connectivity index (χ1n) is 11.3. The molecule has 1 aliphatic carbocycles. The largest absolute Gasteiger partial charge is 0.354 e. The third-order valence-electron chi connectivity index (χ3n) is 6.58. The van der Waals surface area contributed by atoms with Gasteiger partial charge in [0, 0.05) is 51.7 Å². The molecule has 0 bridgehead atoms. The molecule has 7 heteroatoms. The first kappa shape index (κ1) is 23.3. The molecule has 0 radical (unpaired) electrons.